The molecule has 80 valence electrons. The first-order chi connectivity index (χ1) is 7.86. The standard InChI is InChI=1S/C14H12OS/c1-10(13-7-4-8-15-13)14-12-6-3-2-5-11(12)9-16-14/h2-8H,9H2,1H3/b14-10+. The van der Waals surface area contributed by atoms with Crippen molar-refractivity contribution < 1.29 is 4.42 Å². The molecule has 2 heterocycles. The fourth-order valence-electron chi connectivity index (χ4n) is 2.01. The molecule has 0 aliphatic carbocycles. The Balaban J connectivity index is 2.13. The van der Waals surface area contributed by atoms with Crippen LogP contribution in [0.1, 0.15) is 23.8 Å². The van der Waals surface area contributed by atoms with E-state index in [2.05, 4.69) is 31.2 Å². The molecular formula is C14H12OS. The van der Waals surface area contributed by atoms with Gasteiger partial charge in [-0.25, -0.2) is 0 Å². The molecule has 0 saturated heterocycles. The predicted octanol–water partition coefficient (Wildman–Crippen LogP) is 4.41. The van der Waals surface area contributed by atoms with Crippen LogP contribution < -0.4 is 0 Å². The minimum Gasteiger partial charge on any atom is -0.465 e. The molecule has 0 amide bonds. The molecule has 16 heavy (non-hydrogen) atoms. The van der Waals surface area contributed by atoms with Crippen molar-refractivity contribution in [2.75, 3.05) is 0 Å². The highest BCUT2D eigenvalue weighted by molar-refractivity contribution is 8.08. The Morgan fingerprint density at radius 3 is 2.88 bits per heavy atom. The minimum atomic E-state index is 0.971. The van der Waals surface area contributed by atoms with Crippen molar-refractivity contribution >= 4 is 22.2 Å². The lowest BCUT2D eigenvalue weighted by Gasteiger charge is -2.04. The molecular weight excluding hydrogens is 216 g/mol. The molecule has 0 N–H and O–H groups in total. The lowest BCUT2D eigenvalue weighted by atomic mass is 10.1. The Kier molecular flexibility index (Phi) is 2.37. The Morgan fingerprint density at radius 1 is 1.19 bits per heavy atom. The highest BCUT2D eigenvalue weighted by atomic mass is 32.2. The van der Waals surface area contributed by atoms with Gasteiger partial charge in [0.25, 0.3) is 0 Å². The smallest absolute Gasteiger partial charge is 0.130 e. The van der Waals surface area contributed by atoms with E-state index >= 15 is 0 Å². The Bertz CT molecular complexity index is 538. The van der Waals surface area contributed by atoms with Gasteiger partial charge in [-0.05, 0) is 30.2 Å². The topological polar surface area (TPSA) is 13.1 Å². The van der Waals surface area contributed by atoms with Crippen LogP contribution in [0.5, 0.6) is 0 Å². The largest absolute Gasteiger partial charge is 0.465 e. The first-order valence-electron chi connectivity index (χ1n) is 5.32. The first-order valence-corrected chi connectivity index (χ1v) is 6.30. The van der Waals surface area contributed by atoms with Gasteiger partial charge < -0.3 is 4.42 Å². The number of rotatable bonds is 1. The van der Waals surface area contributed by atoms with E-state index in [0.29, 0.717) is 0 Å². The second-order valence-electron chi connectivity index (χ2n) is 3.88. The maximum absolute atomic E-state index is 5.45. The molecule has 0 saturated carbocycles. The molecule has 0 bridgehead atoms. The average Bonchev–Trinajstić information content (AvgIpc) is 2.98. The van der Waals surface area contributed by atoms with Crippen molar-refractivity contribution in [1.29, 1.82) is 0 Å². The molecule has 0 spiro atoms. The average molecular weight is 228 g/mol. The lowest BCUT2D eigenvalue weighted by Crippen LogP contribution is -1.82. The first kappa shape index (κ1) is 9.79. The van der Waals surface area contributed by atoms with E-state index in [4.69, 9.17) is 4.42 Å². The second-order valence-corrected chi connectivity index (χ2v) is 4.86. The van der Waals surface area contributed by atoms with E-state index < -0.39 is 0 Å². The molecule has 1 aliphatic heterocycles. The Morgan fingerprint density at radius 2 is 2.06 bits per heavy atom. The van der Waals surface area contributed by atoms with Crippen LogP contribution in [0.15, 0.2) is 47.1 Å². The summed E-state index contributed by atoms with van der Waals surface area (Å²) >= 11 is 1.90. The number of hydrogen-bond donors (Lipinski definition) is 0. The van der Waals surface area contributed by atoms with Gasteiger partial charge in [-0.2, -0.15) is 0 Å². The molecule has 1 aliphatic rings. The van der Waals surface area contributed by atoms with Gasteiger partial charge in [-0.15, -0.1) is 11.8 Å². The summed E-state index contributed by atoms with van der Waals surface area (Å²) in [6.45, 7) is 2.13. The third kappa shape index (κ3) is 1.50. The van der Waals surface area contributed by atoms with Crippen LogP contribution in [-0.2, 0) is 5.75 Å². The summed E-state index contributed by atoms with van der Waals surface area (Å²) in [6.07, 6.45) is 1.73. The fraction of sp³-hybridized carbons (Fsp3) is 0.143. The third-order valence-corrected chi connectivity index (χ3v) is 4.14. The van der Waals surface area contributed by atoms with E-state index in [1.807, 2.05) is 23.9 Å². The van der Waals surface area contributed by atoms with Crippen molar-refractivity contribution in [3.05, 3.63) is 59.5 Å². The summed E-state index contributed by atoms with van der Waals surface area (Å²) in [4.78, 5) is 1.35. The number of fused-ring (bicyclic) bond motifs is 1. The van der Waals surface area contributed by atoms with Gasteiger partial charge in [0.15, 0.2) is 0 Å². The Hall–Kier alpha value is -1.41. The number of thioether (sulfide) groups is 1. The SMILES string of the molecule is C/C(=C1\SCc2ccccc21)c1ccco1. The van der Waals surface area contributed by atoms with Crippen molar-refractivity contribution in [2.45, 2.75) is 12.7 Å². The van der Waals surface area contributed by atoms with Crippen LogP contribution in [0.2, 0.25) is 0 Å². The molecule has 0 fully saturated rings. The van der Waals surface area contributed by atoms with Crippen molar-refractivity contribution in [2.24, 2.45) is 0 Å². The quantitative estimate of drug-likeness (QED) is 0.717. The normalized spacial score (nSPS) is 17.3. The summed E-state index contributed by atoms with van der Waals surface area (Å²) < 4.78 is 5.45. The van der Waals surface area contributed by atoms with Gasteiger partial charge >= 0.3 is 0 Å². The molecule has 0 radical (unpaired) electrons. The van der Waals surface area contributed by atoms with E-state index in [1.165, 1.54) is 21.6 Å². The predicted molar refractivity (Wildman–Crippen MR) is 68.9 cm³/mol. The zero-order chi connectivity index (χ0) is 11.0. The van der Waals surface area contributed by atoms with Gasteiger partial charge in [-0.3, -0.25) is 0 Å². The van der Waals surface area contributed by atoms with Crippen LogP contribution in [0.3, 0.4) is 0 Å². The molecule has 0 atom stereocenters. The highest BCUT2D eigenvalue weighted by Crippen LogP contribution is 2.44. The van der Waals surface area contributed by atoms with Gasteiger partial charge in [0.2, 0.25) is 0 Å². The number of furan rings is 1. The van der Waals surface area contributed by atoms with Gasteiger partial charge in [0.05, 0.1) is 6.26 Å². The molecule has 1 aromatic carbocycles. The summed E-state index contributed by atoms with van der Waals surface area (Å²) in [5.41, 5.74) is 4.02. The fourth-order valence-corrected chi connectivity index (χ4v) is 3.23. The van der Waals surface area contributed by atoms with Crippen LogP contribution in [0.4, 0.5) is 0 Å². The van der Waals surface area contributed by atoms with Gasteiger partial charge in [0, 0.05) is 16.2 Å². The van der Waals surface area contributed by atoms with Crippen molar-refractivity contribution in [1.82, 2.24) is 0 Å². The van der Waals surface area contributed by atoms with Crippen LogP contribution in [0.25, 0.3) is 10.5 Å². The zero-order valence-corrected chi connectivity index (χ0v) is 9.88. The molecule has 1 aromatic heterocycles. The molecule has 0 unspecified atom stereocenters. The molecule has 2 aromatic rings. The highest BCUT2D eigenvalue weighted by Gasteiger charge is 2.19. The van der Waals surface area contributed by atoms with Gasteiger partial charge in [0.1, 0.15) is 5.76 Å². The van der Waals surface area contributed by atoms with Crippen molar-refractivity contribution in [3.63, 3.8) is 0 Å². The van der Waals surface area contributed by atoms with Gasteiger partial charge in [-0.1, -0.05) is 24.3 Å². The number of hydrogen-bond acceptors (Lipinski definition) is 2. The monoisotopic (exact) mass is 228 g/mol. The Labute approximate surface area is 99.2 Å². The van der Waals surface area contributed by atoms with E-state index in [9.17, 15) is 0 Å². The second kappa shape index (κ2) is 3.87. The van der Waals surface area contributed by atoms with Crippen LogP contribution >= 0.6 is 11.8 Å². The van der Waals surface area contributed by atoms with Crippen LogP contribution in [-0.4, -0.2) is 0 Å². The summed E-state index contributed by atoms with van der Waals surface area (Å²) in [5.74, 6) is 2.04. The minimum absolute atomic E-state index is 0.971. The van der Waals surface area contributed by atoms with E-state index in [-0.39, 0.29) is 0 Å². The molecule has 2 heteroatoms. The van der Waals surface area contributed by atoms with Crippen molar-refractivity contribution in [3.8, 4) is 0 Å². The van der Waals surface area contributed by atoms with E-state index in [0.717, 1.165) is 11.5 Å². The van der Waals surface area contributed by atoms with E-state index in [1.54, 1.807) is 6.26 Å². The molecule has 1 nitrogen and oxygen atoms in total. The van der Waals surface area contributed by atoms with Crippen LogP contribution in [0, 0.1) is 0 Å². The lowest BCUT2D eigenvalue weighted by molar-refractivity contribution is 0.553. The summed E-state index contributed by atoms with van der Waals surface area (Å²) in [5, 5.41) is 0. The maximum atomic E-state index is 5.45. The number of allylic oxidation sites excluding steroid dienone is 1. The summed E-state index contributed by atoms with van der Waals surface area (Å²) in [6, 6.07) is 12.5. The molecule has 3 rings (SSSR count). The third-order valence-electron chi connectivity index (χ3n) is 2.87. The number of benzene rings is 1. The maximum Gasteiger partial charge on any atom is 0.130 e. The summed E-state index contributed by atoms with van der Waals surface area (Å²) in [7, 11) is 0. The zero-order valence-electron chi connectivity index (χ0n) is 9.07.